The Morgan fingerprint density at radius 3 is 1.27 bits per heavy atom. The molecule has 8 heteroatoms. The summed E-state index contributed by atoms with van der Waals surface area (Å²) in [6.07, 6.45) is 1.70. The maximum Gasteiger partial charge on any atom is 2.00 e. The molecule has 0 fully saturated rings. The van der Waals surface area contributed by atoms with Crippen LogP contribution in [0.25, 0.3) is 0 Å². The fourth-order valence-corrected chi connectivity index (χ4v) is 0.779. The van der Waals surface area contributed by atoms with Crippen molar-refractivity contribution in [3.8, 4) is 0 Å². The first kappa shape index (κ1) is 29.1. The second kappa shape index (κ2) is 16.4. The van der Waals surface area contributed by atoms with Crippen LogP contribution in [-0.2, 0) is 33.9 Å². The number of hydrogen-bond donors (Lipinski definition) is 2. The summed E-state index contributed by atoms with van der Waals surface area (Å²) in [5.74, 6) is -2.86. The molecule has 133 valence electrons. The molecule has 0 rings (SSSR count). The third-order valence-electron chi connectivity index (χ3n) is 2.11. The maximum atomic E-state index is 10.2. The topological polar surface area (TPSA) is 144 Å². The van der Waals surface area contributed by atoms with E-state index >= 15 is 0 Å². The second-order valence-electron chi connectivity index (χ2n) is 5.43. The van der Waals surface area contributed by atoms with Crippen molar-refractivity contribution in [2.75, 3.05) is 0 Å². The summed E-state index contributed by atoms with van der Waals surface area (Å²) in [6, 6.07) is -0.766. The summed E-state index contributed by atoms with van der Waals surface area (Å²) >= 11 is 0. The number of nitrogens with two attached hydrogens (primary N) is 1. The Bertz CT molecular complexity index is 299. The Morgan fingerprint density at radius 2 is 1.27 bits per heavy atom. The summed E-state index contributed by atoms with van der Waals surface area (Å²) in [5.41, 5.74) is 4.95. The van der Waals surface area contributed by atoms with Gasteiger partial charge in [-0.3, -0.25) is 4.79 Å². The molecule has 0 aliphatic heterocycles. The minimum absolute atomic E-state index is 0. The fourth-order valence-electron chi connectivity index (χ4n) is 0.779. The first-order valence-electron chi connectivity index (χ1n) is 6.78. The van der Waals surface area contributed by atoms with Crippen molar-refractivity contribution in [2.24, 2.45) is 11.1 Å². The third-order valence-corrected chi connectivity index (χ3v) is 2.11. The summed E-state index contributed by atoms with van der Waals surface area (Å²) in [5, 5.41) is 27.4. The van der Waals surface area contributed by atoms with Crippen LogP contribution < -0.4 is 15.9 Å². The van der Waals surface area contributed by atoms with Crippen LogP contribution in [0.2, 0.25) is 0 Å². The smallest absolute Gasteiger partial charge is 0.550 e. The number of aliphatic carboxylic acids is 3. The van der Waals surface area contributed by atoms with Gasteiger partial charge in [0.15, 0.2) is 0 Å². The van der Waals surface area contributed by atoms with Crippen LogP contribution in [0.3, 0.4) is 0 Å². The monoisotopic (exact) mass is 408 g/mol. The summed E-state index contributed by atoms with van der Waals surface area (Å²) in [7, 11) is 0. The Hall–Kier alpha value is -1.01. The molecule has 1 atom stereocenters. The quantitative estimate of drug-likeness (QED) is 0.585. The predicted molar refractivity (Wildman–Crippen MR) is 74.9 cm³/mol. The van der Waals surface area contributed by atoms with E-state index in [1.165, 1.54) is 0 Å². The van der Waals surface area contributed by atoms with Gasteiger partial charge in [-0.25, -0.2) is 0 Å². The number of carboxylic acids is 3. The number of hydrogen-bond acceptors (Lipinski definition) is 6. The Balaban J connectivity index is -0.000000112. The molecule has 0 aromatic heterocycles. The van der Waals surface area contributed by atoms with E-state index in [1.54, 1.807) is 34.6 Å². The summed E-state index contributed by atoms with van der Waals surface area (Å²) in [4.78, 5) is 29.2. The van der Waals surface area contributed by atoms with Crippen LogP contribution in [0.15, 0.2) is 0 Å². The Kier molecular flexibility index (Phi) is 21.6. The molecule has 7 nitrogen and oxygen atoms in total. The van der Waals surface area contributed by atoms with Crippen LogP contribution >= 0.6 is 0 Å². The van der Waals surface area contributed by atoms with E-state index in [9.17, 15) is 24.6 Å². The maximum absolute atomic E-state index is 10.2. The van der Waals surface area contributed by atoms with E-state index in [0.717, 1.165) is 0 Å². The molecule has 0 amide bonds. The average molecular weight is 408 g/mol. The van der Waals surface area contributed by atoms with Crippen LogP contribution in [0, 0.1) is 5.41 Å². The van der Waals surface area contributed by atoms with Gasteiger partial charge in [0.2, 0.25) is 0 Å². The van der Waals surface area contributed by atoms with Crippen LogP contribution in [-0.4, -0.2) is 29.1 Å². The molecule has 0 bridgehead atoms. The molecule has 0 spiro atoms. The average Bonchev–Trinajstić information content (AvgIpc) is 2.27. The molecular weight excluding hydrogens is 381 g/mol. The SMILES string of the molecule is CC(C)(C)[C@H](N)C(=O)O.CCCC(=O)[O-].CCCC(=O)[O-].[Rh+2]. The van der Waals surface area contributed by atoms with E-state index in [-0.39, 0.29) is 37.7 Å². The van der Waals surface area contributed by atoms with Crippen LogP contribution in [0.1, 0.15) is 60.3 Å². The van der Waals surface area contributed by atoms with Gasteiger partial charge in [0.25, 0.3) is 0 Å². The zero-order valence-corrected chi connectivity index (χ0v) is 15.4. The molecule has 0 heterocycles. The number of carbonyl (C=O) groups excluding carboxylic acids is 2. The molecular formula is C14H27NO6Rh. The standard InChI is InChI=1S/C6H13NO2.2C4H8O2.Rh/c1-6(2,3)4(7)5(8)9;2*1-2-3-4(5)6;/h4H,7H2,1-3H3,(H,8,9);2*2-3H2,1H3,(H,5,6);/q;;;+2/p-2/t4-;;;/m1.../s1. The fraction of sp³-hybridized carbons (Fsp3) is 0.786. The molecule has 22 heavy (non-hydrogen) atoms. The summed E-state index contributed by atoms with van der Waals surface area (Å²) < 4.78 is 0. The zero-order chi connectivity index (χ0) is 17.6. The van der Waals surface area contributed by atoms with Crippen LogP contribution in [0.4, 0.5) is 0 Å². The minimum atomic E-state index is -0.961. The summed E-state index contributed by atoms with van der Waals surface area (Å²) in [6.45, 7) is 9.00. The van der Waals surface area contributed by atoms with Gasteiger partial charge < -0.3 is 30.6 Å². The molecule has 0 saturated heterocycles. The molecule has 0 unspecified atom stereocenters. The molecule has 0 aromatic rings. The van der Waals surface area contributed by atoms with Crippen molar-refractivity contribution in [3.63, 3.8) is 0 Å². The second-order valence-corrected chi connectivity index (χ2v) is 5.43. The van der Waals surface area contributed by atoms with Gasteiger partial charge in [-0.2, -0.15) is 0 Å². The number of carboxylic acid groups (broad SMARTS) is 3. The predicted octanol–water partition coefficient (Wildman–Crippen LogP) is -0.485. The molecule has 0 saturated carbocycles. The van der Waals surface area contributed by atoms with Gasteiger partial charge in [-0.15, -0.1) is 0 Å². The van der Waals surface area contributed by atoms with E-state index in [0.29, 0.717) is 12.8 Å². The van der Waals surface area contributed by atoms with Gasteiger partial charge in [0.1, 0.15) is 6.04 Å². The van der Waals surface area contributed by atoms with Gasteiger partial charge >= 0.3 is 25.4 Å². The van der Waals surface area contributed by atoms with E-state index in [2.05, 4.69) is 0 Å². The molecule has 0 aromatic carbocycles. The van der Waals surface area contributed by atoms with Crippen molar-refractivity contribution < 1.29 is 49.2 Å². The first-order chi connectivity index (χ1) is 9.39. The van der Waals surface area contributed by atoms with Gasteiger partial charge in [0, 0.05) is 11.9 Å². The number of carbonyl (C=O) groups is 3. The largest absolute Gasteiger partial charge is 2.00 e. The van der Waals surface area contributed by atoms with Crippen molar-refractivity contribution >= 4 is 17.9 Å². The minimum Gasteiger partial charge on any atom is -0.550 e. The molecule has 1 radical (unpaired) electrons. The van der Waals surface area contributed by atoms with E-state index in [1.807, 2.05) is 0 Å². The van der Waals surface area contributed by atoms with Crippen LogP contribution in [0.5, 0.6) is 0 Å². The van der Waals surface area contributed by atoms with Crippen molar-refractivity contribution in [3.05, 3.63) is 0 Å². The van der Waals surface area contributed by atoms with Crippen molar-refractivity contribution in [1.82, 2.24) is 0 Å². The Labute approximate surface area is 145 Å². The third kappa shape index (κ3) is 27.4. The normalized spacial score (nSPS) is 10.6. The number of rotatable bonds is 5. The molecule has 0 aliphatic carbocycles. The van der Waals surface area contributed by atoms with Crippen molar-refractivity contribution in [2.45, 2.75) is 66.3 Å². The van der Waals surface area contributed by atoms with E-state index < -0.39 is 23.9 Å². The van der Waals surface area contributed by atoms with Gasteiger partial charge in [-0.1, -0.05) is 47.5 Å². The van der Waals surface area contributed by atoms with E-state index in [4.69, 9.17) is 10.8 Å². The Morgan fingerprint density at radius 1 is 1.00 bits per heavy atom. The molecule has 0 aliphatic rings. The van der Waals surface area contributed by atoms with Crippen molar-refractivity contribution in [1.29, 1.82) is 0 Å². The van der Waals surface area contributed by atoms with Gasteiger partial charge in [0.05, 0.1) is 0 Å². The zero-order valence-electron chi connectivity index (χ0n) is 13.8. The van der Waals surface area contributed by atoms with Gasteiger partial charge in [-0.05, 0) is 18.3 Å². The molecule has 3 N–H and O–H groups in total. The first-order valence-corrected chi connectivity index (χ1v) is 6.78.